The number of pyridine rings is 1. The van der Waals surface area contributed by atoms with Gasteiger partial charge in [-0.05, 0) is 76.7 Å². The molecule has 0 unspecified atom stereocenters. The third kappa shape index (κ3) is 3.46. The summed E-state index contributed by atoms with van der Waals surface area (Å²) in [4.78, 5) is 13.3. The molecule has 8 heteroatoms. The maximum Gasteiger partial charge on any atom is 0.158 e. The van der Waals surface area contributed by atoms with Gasteiger partial charge in [-0.3, -0.25) is 5.10 Å². The van der Waals surface area contributed by atoms with Crippen LogP contribution in [-0.4, -0.2) is 54.8 Å². The number of aromatic nitrogens is 6. The summed E-state index contributed by atoms with van der Waals surface area (Å²) in [5.74, 6) is 0.919. The zero-order valence-electron chi connectivity index (χ0n) is 19.7. The van der Waals surface area contributed by atoms with Crippen LogP contribution in [0.4, 0.5) is 0 Å². The molecular formula is C24H31N7S. The molecule has 0 amide bonds. The average Bonchev–Trinajstić information content (AvgIpc) is 3.49. The molecule has 0 atom stereocenters. The molecule has 4 aromatic rings. The Kier molecular flexibility index (Phi) is 5.37. The van der Waals surface area contributed by atoms with Crippen molar-refractivity contribution in [1.29, 1.82) is 0 Å². The number of fused-ring (bicyclic) bond motifs is 1. The summed E-state index contributed by atoms with van der Waals surface area (Å²) in [6.45, 7) is 13.2. The van der Waals surface area contributed by atoms with Crippen LogP contribution in [0.25, 0.3) is 27.6 Å². The molecule has 0 aliphatic carbocycles. The first kappa shape index (κ1) is 21.3. The number of rotatable bonds is 4. The molecule has 0 bridgehead atoms. The Morgan fingerprint density at radius 3 is 2.59 bits per heavy atom. The predicted octanol–water partition coefficient (Wildman–Crippen LogP) is 5.10. The number of aromatic amines is 1. The van der Waals surface area contributed by atoms with Crippen LogP contribution in [0.15, 0.2) is 12.5 Å². The van der Waals surface area contributed by atoms with Gasteiger partial charge in [0.1, 0.15) is 11.3 Å². The van der Waals surface area contributed by atoms with E-state index in [9.17, 15) is 0 Å². The average molecular weight is 450 g/mol. The zero-order chi connectivity index (χ0) is 22.6. The van der Waals surface area contributed by atoms with Crippen LogP contribution in [0.3, 0.4) is 0 Å². The first-order valence-corrected chi connectivity index (χ1v) is 12.2. The Bertz CT molecular complexity index is 1270. The van der Waals surface area contributed by atoms with E-state index in [2.05, 4.69) is 61.7 Å². The highest BCUT2D eigenvalue weighted by atomic mass is 32.1. The lowest BCUT2D eigenvalue weighted by Crippen LogP contribution is -2.29. The molecule has 0 spiro atoms. The summed E-state index contributed by atoms with van der Waals surface area (Å²) in [7, 11) is 2.21. The number of aryl methyl sites for hydroxylation is 2. The molecule has 0 saturated carbocycles. The number of hydrogen-bond donors (Lipinski definition) is 1. The van der Waals surface area contributed by atoms with Gasteiger partial charge in [-0.1, -0.05) is 13.8 Å². The van der Waals surface area contributed by atoms with Crippen LogP contribution in [0.1, 0.15) is 65.8 Å². The molecule has 4 aromatic heterocycles. The Morgan fingerprint density at radius 2 is 1.88 bits per heavy atom. The Labute approximate surface area is 192 Å². The van der Waals surface area contributed by atoms with E-state index in [1.807, 2.05) is 22.0 Å². The van der Waals surface area contributed by atoms with Crippen molar-refractivity contribution in [2.24, 2.45) is 0 Å². The van der Waals surface area contributed by atoms with Crippen LogP contribution in [0, 0.1) is 20.8 Å². The molecule has 1 fully saturated rings. The van der Waals surface area contributed by atoms with E-state index < -0.39 is 0 Å². The molecule has 168 valence electrons. The van der Waals surface area contributed by atoms with Gasteiger partial charge >= 0.3 is 0 Å². The molecule has 1 aliphatic rings. The molecular weight excluding hydrogens is 418 g/mol. The highest BCUT2D eigenvalue weighted by Gasteiger charge is 2.27. The standard InChI is InChI=1S/C24H31N7S/c1-13(2)19-20(18-11-31-23(25-12-26-31)15(4)14(18)3)28-29-21(19)24-27-16(5)22(32-24)17-7-9-30(6)10-8-17/h11-13,17H,7-10H2,1-6H3,(H,28,29). The quantitative estimate of drug-likeness (QED) is 0.469. The fourth-order valence-electron chi connectivity index (χ4n) is 4.89. The van der Waals surface area contributed by atoms with Gasteiger partial charge in [-0.15, -0.1) is 11.3 Å². The molecule has 0 radical (unpaired) electrons. The summed E-state index contributed by atoms with van der Waals surface area (Å²) < 4.78 is 1.85. The van der Waals surface area contributed by atoms with Gasteiger partial charge in [0.2, 0.25) is 0 Å². The van der Waals surface area contributed by atoms with E-state index in [1.165, 1.54) is 34.5 Å². The smallest absolute Gasteiger partial charge is 0.158 e. The Morgan fingerprint density at radius 1 is 1.12 bits per heavy atom. The Hall–Kier alpha value is -2.58. The van der Waals surface area contributed by atoms with E-state index in [4.69, 9.17) is 10.1 Å². The molecule has 1 N–H and O–H groups in total. The number of thiazole rings is 1. The maximum atomic E-state index is 5.01. The molecule has 1 saturated heterocycles. The minimum atomic E-state index is 0.306. The van der Waals surface area contributed by atoms with Crippen molar-refractivity contribution in [2.45, 2.75) is 59.3 Å². The summed E-state index contributed by atoms with van der Waals surface area (Å²) in [6, 6.07) is 0. The predicted molar refractivity (Wildman–Crippen MR) is 129 cm³/mol. The SMILES string of the molecule is Cc1nc(-c2[nH]nc(-c3cn4ncnc4c(C)c3C)c2C(C)C)sc1C1CCN(C)CC1. The summed E-state index contributed by atoms with van der Waals surface area (Å²) >= 11 is 1.84. The van der Waals surface area contributed by atoms with E-state index in [-0.39, 0.29) is 0 Å². The van der Waals surface area contributed by atoms with Crippen molar-refractivity contribution in [2.75, 3.05) is 20.1 Å². The fourth-order valence-corrected chi connectivity index (χ4v) is 6.13. The number of nitrogens with zero attached hydrogens (tertiary/aromatic N) is 6. The highest BCUT2D eigenvalue weighted by molar-refractivity contribution is 7.15. The summed E-state index contributed by atoms with van der Waals surface area (Å²) in [6.07, 6.45) is 6.07. The lowest BCUT2D eigenvalue weighted by Gasteiger charge is -2.28. The first-order valence-electron chi connectivity index (χ1n) is 11.4. The fraction of sp³-hybridized carbons (Fsp3) is 0.500. The molecule has 0 aromatic carbocycles. The van der Waals surface area contributed by atoms with Gasteiger partial charge in [-0.2, -0.15) is 10.2 Å². The molecule has 7 nitrogen and oxygen atoms in total. The van der Waals surface area contributed by atoms with Crippen molar-refractivity contribution in [3.8, 4) is 22.0 Å². The second-order valence-corrected chi connectivity index (χ2v) is 10.4. The third-order valence-corrected chi connectivity index (χ3v) is 8.24. The van der Waals surface area contributed by atoms with Gasteiger partial charge in [-0.25, -0.2) is 14.5 Å². The van der Waals surface area contributed by atoms with Crippen LogP contribution >= 0.6 is 11.3 Å². The third-order valence-electron chi connectivity index (χ3n) is 6.90. The van der Waals surface area contributed by atoms with Crippen LogP contribution in [0.5, 0.6) is 0 Å². The van der Waals surface area contributed by atoms with Crippen molar-refractivity contribution >= 4 is 17.0 Å². The molecule has 1 aliphatic heterocycles. The molecule has 32 heavy (non-hydrogen) atoms. The van der Waals surface area contributed by atoms with Gasteiger partial charge in [0.05, 0.1) is 17.1 Å². The zero-order valence-corrected chi connectivity index (χ0v) is 20.5. The number of nitrogens with one attached hydrogen (secondary N) is 1. The van der Waals surface area contributed by atoms with E-state index in [0.29, 0.717) is 11.8 Å². The van der Waals surface area contributed by atoms with Gasteiger partial charge < -0.3 is 4.90 Å². The lowest BCUT2D eigenvalue weighted by atomic mass is 9.94. The number of piperidine rings is 1. The summed E-state index contributed by atoms with van der Waals surface area (Å²) in [5, 5.41) is 13.6. The molecule has 5 heterocycles. The maximum absolute atomic E-state index is 5.01. The number of likely N-dealkylation sites (tertiary alicyclic amines) is 1. The van der Waals surface area contributed by atoms with Crippen molar-refractivity contribution in [3.05, 3.63) is 39.8 Å². The van der Waals surface area contributed by atoms with Crippen LogP contribution in [0.2, 0.25) is 0 Å². The van der Waals surface area contributed by atoms with Gasteiger partial charge in [0, 0.05) is 22.2 Å². The second-order valence-electron chi connectivity index (χ2n) is 9.38. The van der Waals surface area contributed by atoms with Gasteiger partial charge in [0.15, 0.2) is 5.65 Å². The number of H-pyrrole nitrogens is 1. The van der Waals surface area contributed by atoms with Crippen LogP contribution < -0.4 is 0 Å². The van der Waals surface area contributed by atoms with Gasteiger partial charge in [0.25, 0.3) is 0 Å². The normalized spacial score (nSPS) is 16.0. The molecule has 5 rings (SSSR count). The highest BCUT2D eigenvalue weighted by Crippen LogP contribution is 2.42. The topological polar surface area (TPSA) is 75.0 Å². The minimum absolute atomic E-state index is 0.306. The van der Waals surface area contributed by atoms with E-state index >= 15 is 0 Å². The van der Waals surface area contributed by atoms with E-state index in [0.717, 1.165) is 46.3 Å². The minimum Gasteiger partial charge on any atom is -0.306 e. The largest absolute Gasteiger partial charge is 0.306 e. The van der Waals surface area contributed by atoms with E-state index in [1.54, 1.807) is 6.33 Å². The van der Waals surface area contributed by atoms with Crippen molar-refractivity contribution in [3.63, 3.8) is 0 Å². The lowest BCUT2D eigenvalue weighted by molar-refractivity contribution is 0.256. The van der Waals surface area contributed by atoms with Crippen LogP contribution in [-0.2, 0) is 0 Å². The first-order chi connectivity index (χ1) is 15.3. The van der Waals surface area contributed by atoms with Crippen molar-refractivity contribution in [1.82, 2.24) is 34.7 Å². The summed E-state index contributed by atoms with van der Waals surface area (Å²) in [5.41, 5.74) is 8.74. The number of hydrogen-bond acceptors (Lipinski definition) is 6. The second kappa shape index (κ2) is 8.08. The monoisotopic (exact) mass is 449 g/mol. The van der Waals surface area contributed by atoms with Crippen molar-refractivity contribution < 1.29 is 0 Å². The Balaban J connectivity index is 1.60.